The van der Waals surface area contributed by atoms with E-state index in [4.69, 9.17) is 0 Å². The number of benzene rings is 2. The van der Waals surface area contributed by atoms with Crippen LogP contribution in [0.3, 0.4) is 0 Å². The number of hydrogen-bond acceptors (Lipinski definition) is 2. The monoisotopic (exact) mass is 581 g/mol. The third-order valence-electron chi connectivity index (χ3n) is 9.73. The van der Waals surface area contributed by atoms with Crippen LogP contribution in [0.2, 0.25) is 0 Å². The van der Waals surface area contributed by atoms with Crippen LogP contribution < -0.4 is 0 Å². The van der Waals surface area contributed by atoms with Crippen molar-refractivity contribution >= 4 is 11.9 Å². The number of hydrogen-bond donors (Lipinski definition) is 1. The quantitative estimate of drug-likeness (QED) is 0.391. The van der Waals surface area contributed by atoms with Crippen molar-refractivity contribution in [2.75, 3.05) is 6.54 Å². The van der Waals surface area contributed by atoms with Gasteiger partial charge in [0, 0.05) is 18.0 Å². The lowest BCUT2D eigenvalue weighted by atomic mass is 9.63. The van der Waals surface area contributed by atoms with E-state index in [1.807, 2.05) is 0 Å². The fourth-order valence-corrected chi connectivity index (χ4v) is 7.24. The maximum atomic E-state index is 16.1. The number of fused-ring (bicyclic) bond motifs is 3. The number of nitrogens with zero attached hydrogens (tertiary/aromatic N) is 1. The Labute approximate surface area is 234 Å². The number of alkyl halides is 5. The highest BCUT2D eigenvalue weighted by atomic mass is 19.4. The topological polar surface area (TPSA) is 57.6 Å². The van der Waals surface area contributed by atoms with Crippen molar-refractivity contribution in [1.82, 2.24) is 4.90 Å². The summed E-state index contributed by atoms with van der Waals surface area (Å²) in [7, 11) is 0. The van der Waals surface area contributed by atoms with Gasteiger partial charge >= 0.3 is 12.1 Å². The second-order valence-corrected chi connectivity index (χ2v) is 12.2. The molecule has 1 amide bonds. The number of aryl methyl sites for hydroxylation is 2. The van der Waals surface area contributed by atoms with Crippen molar-refractivity contribution in [3.63, 3.8) is 0 Å². The zero-order valence-corrected chi connectivity index (χ0v) is 23.0. The minimum Gasteiger partial charge on any atom is -0.481 e. The van der Waals surface area contributed by atoms with E-state index in [2.05, 4.69) is 0 Å². The molecular weight excluding hydrogens is 548 g/mol. The first-order valence-corrected chi connectivity index (χ1v) is 14.0. The summed E-state index contributed by atoms with van der Waals surface area (Å²) in [6, 6.07) is 8.09. The molecule has 0 aromatic heterocycles. The number of halogens is 6. The predicted octanol–water partition coefficient (Wildman–Crippen LogP) is 6.89. The lowest BCUT2D eigenvalue weighted by Crippen LogP contribution is -2.55. The second-order valence-electron chi connectivity index (χ2n) is 12.2. The molecule has 41 heavy (non-hydrogen) atoms. The van der Waals surface area contributed by atoms with Crippen molar-refractivity contribution in [3.05, 3.63) is 70.0 Å². The minimum atomic E-state index is -5.10. The van der Waals surface area contributed by atoms with Gasteiger partial charge in [0.05, 0.1) is 5.92 Å². The van der Waals surface area contributed by atoms with Crippen molar-refractivity contribution in [3.8, 4) is 0 Å². The smallest absolute Gasteiger partial charge is 0.426 e. The van der Waals surface area contributed by atoms with Crippen molar-refractivity contribution in [2.24, 2.45) is 5.92 Å². The van der Waals surface area contributed by atoms with Gasteiger partial charge in [-0.25, -0.2) is 13.2 Å². The van der Waals surface area contributed by atoms with Gasteiger partial charge in [0.15, 0.2) is 5.67 Å². The Morgan fingerprint density at radius 2 is 1.71 bits per heavy atom. The predicted molar refractivity (Wildman–Crippen MR) is 139 cm³/mol. The molecule has 5 rings (SSSR count). The molecule has 1 N–H and O–H groups in total. The molecule has 0 bridgehead atoms. The van der Waals surface area contributed by atoms with Crippen LogP contribution in [0.15, 0.2) is 36.4 Å². The fraction of sp³-hybridized carbons (Fsp3) is 0.548. The third-order valence-corrected chi connectivity index (χ3v) is 9.73. The van der Waals surface area contributed by atoms with Crippen molar-refractivity contribution in [1.29, 1.82) is 0 Å². The number of carboxylic acid groups (broad SMARTS) is 1. The summed E-state index contributed by atoms with van der Waals surface area (Å²) in [4.78, 5) is 26.6. The molecule has 1 heterocycles. The van der Waals surface area contributed by atoms with Crippen LogP contribution in [-0.4, -0.2) is 46.3 Å². The van der Waals surface area contributed by atoms with Crippen LogP contribution in [0.4, 0.5) is 26.3 Å². The third kappa shape index (κ3) is 4.91. The Hall–Kier alpha value is -3.04. The summed E-state index contributed by atoms with van der Waals surface area (Å²) in [6.45, 7) is 2.33. The minimum absolute atomic E-state index is 0.0584. The summed E-state index contributed by atoms with van der Waals surface area (Å²) in [5, 5.41) is 9.30. The maximum absolute atomic E-state index is 16.1. The van der Waals surface area contributed by atoms with Gasteiger partial charge in [-0.1, -0.05) is 30.3 Å². The maximum Gasteiger partial charge on any atom is 0.426 e. The average molecular weight is 582 g/mol. The van der Waals surface area contributed by atoms with Crippen LogP contribution in [0.25, 0.3) is 0 Å². The molecule has 0 radical (unpaired) electrons. The Morgan fingerprint density at radius 3 is 2.32 bits per heavy atom. The molecule has 2 aromatic rings. The van der Waals surface area contributed by atoms with Crippen molar-refractivity contribution in [2.45, 2.75) is 94.2 Å². The van der Waals surface area contributed by atoms with Crippen LogP contribution in [0.5, 0.6) is 0 Å². The first kappa shape index (κ1) is 29.5. The number of carbonyl (C=O) groups excluding carboxylic acids is 1. The summed E-state index contributed by atoms with van der Waals surface area (Å²) < 4.78 is 85.6. The SMILES string of the molecule is Cc1cc(CC23CCN(C(=O)C4(F)CCC(C(=O)O)CC4)C2CCc2cc(C(C)(F)C(F)(F)F)ccc23)ccc1F. The molecule has 2 fully saturated rings. The Morgan fingerprint density at radius 1 is 1.02 bits per heavy atom. The van der Waals surface area contributed by atoms with E-state index in [0.717, 1.165) is 11.6 Å². The Balaban J connectivity index is 1.53. The van der Waals surface area contributed by atoms with E-state index in [1.165, 1.54) is 23.1 Å². The van der Waals surface area contributed by atoms with Gasteiger partial charge in [-0.3, -0.25) is 9.59 Å². The zero-order chi connectivity index (χ0) is 30.0. The van der Waals surface area contributed by atoms with Crippen LogP contribution >= 0.6 is 0 Å². The van der Waals surface area contributed by atoms with Crippen LogP contribution in [0, 0.1) is 18.7 Å². The van der Waals surface area contributed by atoms with E-state index >= 15 is 4.39 Å². The Bertz CT molecular complexity index is 1360. The molecule has 0 spiro atoms. The molecule has 2 aromatic carbocycles. The highest BCUT2D eigenvalue weighted by Crippen LogP contribution is 2.52. The second kappa shape index (κ2) is 10.1. The van der Waals surface area contributed by atoms with E-state index in [1.54, 1.807) is 19.1 Å². The van der Waals surface area contributed by atoms with Crippen LogP contribution in [0.1, 0.15) is 73.3 Å². The number of carboxylic acids is 1. The number of amides is 1. The van der Waals surface area contributed by atoms with Gasteiger partial charge in [-0.15, -0.1) is 0 Å². The molecule has 3 aliphatic rings. The molecule has 222 valence electrons. The van der Waals surface area contributed by atoms with E-state index < -0.39 is 52.3 Å². The van der Waals surface area contributed by atoms with E-state index in [-0.39, 0.29) is 44.5 Å². The number of aliphatic carboxylic acids is 1. The van der Waals surface area contributed by atoms with Gasteiger partial charge in [-0.2, -0.15) is 13.2 Å². The summed E-state index contributed by atoms with van der Waals surface area (Å²) in [5.74, 6) is -2.77. The molecule has 10 heteroatoms. The molecule has 2 aliphatic carbocycles. The summed E-state index contributed by atoms with van der Waals surface area (Å²) in [6.07, 6.45) is -4.03. The lowest BCUT2D eigenvalue weighted by molar-refractivity contribution is -0.228. The van der Waals surface area contributed by atoms with E-state index in [9.17, 15) is 36.6 Å². The highest BCUT2D eigenvalue weighted by molar-refractivity contribution is 5.86. The zero-order valence-electron chi connectivity index (χ0n) is 23.0. The van der Waals surface area contributed by atoms with Crippen molar-refractivity contribution < 1.29 is 41.0 Å². The largest absolute Gasteiger partial charge is 0.481 e. The number of carbonyl (C=O) groups is 2. The first-order chi connectivity index (χ1) is 19.1. The van der Waals surface area contributed by atoms with Gasteiger partial charge in [0.1, 0.15) is 5.82 Å². The standard InChI is InChI=1S/C31H33F6NO3/c1-18-15-19(3-7-24(18)32)17-29-13-14-38(27(41)30(34)11-9-20(10-12-30)26(39)40)25(29)8-4-21-16-22(5-6-23(21)29)28(2,33)31(35,36)37/h3,5-7,15-16,20,25H,4,8-14,17H2,1-2H3,(H,39,40). The lowest BCUT2D eigenvalue weighted by Gasteiger charge is -2.45. The highest BCUT2D eigenvalue weighted by Gasteiger charge is 2.57. The van der Waals surface area contributed by atoms with Gasteiger partial charge in [0.25, 0.3) is 5.91 Å². The van der Waals surface area contributed by atoms with Gasteiger partial charge in [-0.05, 0) is 99.1 Å². The molecule has 4 nitrogen and oxygen atoms in total. The Kier molecular flexibility index (Phi) is 7.22. The normalized spacial score (nSPS) is 29.4. The molecule has 1 saturated heterocycles. The number of likely N-dealkylation sites (tertiary alicyclic amines) is 1. The first-order valence-electron chi connectivity index (χ1n) is 14.0. The molecule has 1 aliphatic heterocycles. The molecule has 1 saturated carbocycles. The summed E-state index contributed by atoms with van der Waals surface area (Å²) in [5.41, 5.74) is -4.61. The van der Waals surface area contributed by atoms with E-state index in [0.29, 0.717) is 42.9 Å². The van der Waals surface area contributed by atoms with Gasteiger partial charge in [0.2, 0.25) is 5.67 Å². The van der Waals surface area contributed by atoms with Gasteiger partial charge < -0.3 is 10.0 Å². The molecule has 3 unspecified atom stereocenters. The fourth-order valence-electron chi connectivity index (χ4n) is 7.24. The van der Waals surface area contributed by atoms with Crippen LogP contribution in [-0.2, 0) is 33.5 Å². The molecule has 3 atom stereocenters. The number of rotatable bonds is 5. The summed E-state index contributed by atoms with van der Waals surface area (Å²) >= 11 is 0. The average Bonchev–Trinajstić information content (AvgIpc) is 3.28. The molecular formula is C31H33F6NO3.